The number of ether oxygens (including phenoxy) is 2. The SMILES string of the molecule is COc1ccc(CNC(=O)C2CCCCC2(C)N)cc1OC(F)F.Cl. The van der Waals surface area contributed by atoms with Gasteiger partial charge in [0, 0.05) is 12.1 Å². The predicted molar refractivity (Wildman–Crippen MR) is 93.3 cm³/mol. The molecule has 1 aromatic rings. The number of benzene rings is 1. The number of rotatable bonds is 6. The van der Waals surface area contributed by atoms with E-state index in [-0.39, 0.29) is 42.3 Å². The van der Waals surface area contributed by atoms with Crippen molar-refractivity contribution < 1.29 is 23.0 Å². The molecule has 0 aromatic heterocycles. The second-order valence-corrected chi connectivity index (χ2v) is 6.39. The Hall–Kier alpha value is -1.60. The highest BCUT2D eigenvalue weighted by Crippen LogP contribution is 2.32. The van der Waals surface area contributed by atoms with E-state index in [9.17, 15) is 13.6 Å². The predicted octanol–water partition coefficient (Wildman–Crippen LogP) is 3.24. The molecular weight excluding hydrogens is 354 g/mol. The summed E-state index contributed by atoms with van der Waals surface area (Å²) in [4.78, 5) is 12.4. The third-order valence-corrected chi connectivity index (χ3v) is 4.48. The Labute approximate surface area is 152 Å². The molecule has 5 nitrogen and oxygen atoms in total. The summed E-state index contributed by atoms with van der Waals surface area (Å²) in [6, 6.07) is 4.67. The van der Waals surface area contributed by atoms with E-state index in [1.165, 1.54) is 19.2 Å². The number of hydrogen-bond acceptors (Lipinski definition) is 4. The minimum absolute atomic E-state index is 0. The summed E-state index contributed by atoms with van der Waals surface area (Å²) in [5.41, 5.74) is 6.37. The molecule has 0 spiro atoms. The lowest BCUT2D eigenvalue weighted by Gasteiger charge is -2.37. The van der Waals surface area contributed by atoms with Crippen LogP contribution < -0.4 is 20.5 Å². The molecule has 0 bridgehead atoms. The smallest absolute Gasteiger partial charge is 0.387 e. The van der Waals surface area contributed by atoms with Crippen molar-refractivity contribution >= 4 is 18.3 Å². The zero-order valence-corrected chi connectivity index (χ0v) is 15.2. The first-order chi connectivity index (χ1) is 11.3. The minimum atomic E-state index is -2.94. The molecule has 2 rings (SSSR count). The van der Waals surface area contributed by atoms with Gasteiger partial charge in [-0.2, -0.15) is 8.78 Å². The van der Waals surface area contributed by atoms with E-state index in [1.54, 1.807) is 6.07 Å². The van der Waals surface area contributed by atoms with Crippen molar-refractivity contribution in [1.29, 1.82) is 0 Å². The lowest BCUT2D eigenvalue weighted by molar-refractivity contribution is -0.128. The lowest BCUT2D eigenvalue weighted by Crippen LogP contribution is -2.52. The van der Waals surface area contributed by atoms with Crippen molar-refractivity contribution in [3.63, 3.8) is 0 Å². The first-order valence-corrected chi connectivity index (χ1v) is 8.02. The molecule has 0 heterocycles. The summed E-state index contributed by atoms with van der Waals surface area (Å²) in [5.74, 6) is -0.180. The molecule has 2 unspecified atom stereocenters. The molecule has 1 saturated carbocycles. The molecule has 0 radical (unpaired) electrons. The van der Waals surface area contributed by atoms with Gasteiger partial charge >= 0.3 is 6.61 Å². The third kappa shape index (κ3) is 5.71. The number of carbonyl (C=O) groups is 1. The maximum atomic E-state index is 12.4. The van der Waals surface area contributed by atoms with Crippen molar-refractivity contribution in [2.45, 2.75) is 51.3 Å². The molecule has 3 N–H and O–H groups in total. The maximum Gasteiger partial charge on any atom is 0.387 e. The second kappa shape index (κ2) is 9.20. The molecule has 2 atom stereocenters. The van der Waals surface area contributed by atoms with Gasteiger partial charge in [-0.25, -0.2) is 0 Å². The van der Waals surface area contributed by atoms with Crippen molar-refractivity contribution in [3.8, 4) is 11.5 Å². The van der Waals surface area contributed by atoms with Gasteiger partial charge in [-0.3, -0.25) is 4.79 Å². The van der Waals surface area contributed by atoms with E-state index in [1.807, 2.05) is 6.92 Å². The molecule has 1 aromatic carbocycles. The standard InChI is InChI=1S/C17H24F2N2O3.ClH/c1-17(20)8-4-3-5-12(17)15(22)21-10-11-6-7-13(23-2)14(9-11)24-16(18)19;/h6-7,9,12,16H,3-5,8,10,20H2,1-2H3,(H,21,22);1H. The number of amides is 1. The Morgan fingerprint density at radius 3 is 2.72 bits per heavy atom. The molecule has 8 heteroatoms. The van der Waals surface area contributed by atoms with Gasteiger partial charge in [-0.15, -0.1) is 12.4 Å². The molecule has 142 valence electrons. The van der Waals surface area contributed by atoms with E-state index >= 15 is 0 Å². The number of nitrogens with one attached hydrogen (secondary N) is 1. The van der Waals surface area contributed by atoms with Gasteiger partial charge in [0.05, 0.1) is 13.0 Å². The Morgan fingerprint density at radius 2 is 2.12 bits per heavy atom. The van der Waals surface area contributed by atoms with E-state index in [4.69, 9.17) is 10.5 Å². The van der Waals surface area contributed by atoms with Gasteiger partial charge in [0.2, 0.25) is 5.91 Å². The van der Waals surface area contributed by atoms with Crippen LogP contribution in [0.3, 0.4) is 0 Å². The van der Waals surface area contributed by atoms with Gasteiger partial charge in [-0.05, 0) is 37.5 Å². The van der Waals surface area contributed by atoms with Crippen LogP contribution in [0.2, 0.25) is 0 Å². The molecule has 1 aliphatic carbocycles. The average Bonchev–Trinajstić information content (AvgIpc) is 2.52. The van der Waals surface area contributed by atoms with Crippen molar-refractivity contribution in [2.75, 3.05) is 7.11 Å². The second-order valence-electron chi connectivity index (χ2n) is 6.39. The van der Waals surface area contributed by atoms with Crippen LogP contribution in [0.4, 0.5) is 8.78 Å². The van der Waals surface area contributed by atoms with Crippen LogP contribution in [0.25, 0.3) is 0 Å². The summed E-state index contributed by atoms with van der Waals surface area (Å²) in [7, 11) is 1.38. The molecule has 1 fully saturated rings. The van der Waals surface area contributed by atoms with Crippen LogP contribution in [-0.4, -0.2) is 25.2 Å². The number of halogens is 3. The van der Waals surface area contributed by atoms with Crippen LogP contribution in [0.15, 0.2) is 18.2 Å². The third-order valence-electron chi connectivity index (χ3n) is 4.48. The fourth-order valence-corrected chi connectivity index (χ4v) is 3.12. The summed E-state index contributed by atoms with van der Waals surface area (Å²) in [6.07, 6.45) is 3.60. The first-order valence-electron chi connectivity index (χ1n) is 8.02. The minimum Gasteiger partial charge on any atom is -0.493 e. The van der Waals surface area contributed by atoms with Crippen LogP contribution >= 0.6 is 12.4 Å². The van der Waals surface area contributed by atoms with Gasteiger partial charge in [-0.1, -0.05) is 18.9 Å². The molecule has 0 aliphatic heterocycles. The normalized spacial score (nSPS) is 22.9. The summed E-state index contributed by atoms with van der Waals surface area (Å²) in [5, 5.41) is 2.84. The summed E-state index contributed by atoms with van der Waals surface area (Å²) < 4.78 is 34.3. The molecule has 1 aliphatic rings. The molecular formula is C17H25ClF2N2O3. The number of alkyl halides is 2. The number of hydrogen-bond donors (Lipinski definition) is 2. The van der Waals surface area contributed by atoms with Gasteiger partial charge in [0.1, 0.15) is 0 Å². The van der Waals surface area contributed by atoms with E-state index in [2.05, 4.69) is 10.1 Å². The molecule has 25 heavy (non-hydrogen) atoms. The Morgan fingerprint density at radius 1 is 1.40 bits per heavy atom. The van der Waals surface area contributed by atoms with Crippen molar-refractivity contribution in [2.24, 2.45) is 11.7 Å². The largest absolute Gasteiger partial charge is 0.493 e. The Balaban J connectivity index is 0.00000312. The monoisotopic (exact) mass is 378 g/mol. The van der Waals surface area contributed by atoms with Crippen LogP contribution in [0, 0.1) is 5.92 Å². The fourth-order valence-electron chi connectivity index (χ4n) is 3.12. The Bertz CT molecular complexity index is 585. The maximum absolute atomic E-state index is 12.4. The van der Waals surface area contributed by atoms with Crippen molar-refractivity contribution in [3.05, 3.63) is 23.8 Å². The first kappa shape index (κ1) is 21.4. The van der Waals surface area contributed by atoms with Gasteiger partial charge < -0.3 is 20.5 Å². The Kier molecular flexibility index (Phi) is 7.89. The summed E-state index contributed by atoms with van der Waals surface area (Å²) >= 11 is 0. The highest BCUT2D eigenvalue weighted by molar-refractivity contribution is 5.85. The van der Waals surface area contributed by atoms with E-state index < -0.39 is 12.2 Å². The highest BCUT2D eigenvalue weighted by Gasteiger charge is 2.37. The van der Waals surface area contributed by atoms with E-state index in [0.29, 0.717) is 5.56 Å². The number of methoxy groups -OCH3 is 1. The highest BCUT2D eigenvalue weighted by atomic mass is 35.5. The van der Waals surface area contributed by atoms with Crippen LogP contribution in [0.5, 0.6) is 11.5 Å². The number of nitrogens with two attached hydrogens (primary N) is 1. The zero-order valence-electron chi connectivity index (χ0n) is 14.4. The van der Waals surface area contributed by atoms with Crippen LogP contribution in [0.1, 0.15) is 38.2 Å². The number of carbonyl (C=O) groups excluding carboxylic acids is 1. The van der Waals surface area contributed by atoms with E-state index in [0.717, 1.165) is 25.7 Å². The molecule has 1 amide bonds. The van der Waals surface area contributed by atoms with Gasteiger partial charge in [0.15, 0.2) is 11.5 Å². The average molecular weight is 379 g/mol. The topological polar surface area (TPSA) is 73.6 Å². The van der Waals surface area contributed by atoms with Crippen molar-refractivity contribution in [1.82, 2.24) is 5.32 Å². The molecule has 0 saturated heterocycles. The zero-order chi connectivity index (χ0) is 17.7. The van der Waals surface area contributed by atoms with Gasteiger partial charge in [0.25, 0.3) is 0 Å². The lowest BCUT2D eigenvalue weighted by atomic mass is 9.74. The fraction of sp³-hybridized carbons (Fsp3) is 0.588. The summed E-state index contributed by atoms with van der Waals surface area (Å²) in [6.45, 7) is -0.822. The quantitative estimate of drug-likeness (QED) is 0.797. The van der Waals surface area contributed by atoms with Crippen LogP contribution in [-0.2, 0) is 11.3 Å².